The van der Waals surface area contributed by atoms with E-state index in [0.717, 1.165) is 35.1 Å². The molecule has 0 atom stereocenters. The molecule has 1 fully saturated rings. The van der Waals surface area contributed by atoms with E-state index in [0.29, 0.717) is 13.1 Å². The van der Waals surface area contributed by atoms with Crippen LogP contribution in [0.4, 0.5) is 5.69 Å². The van der Waals surface area contributed by atoms with Crippen LogP contribution in [0, 0.1) is 13.8 Å². The maximum atomic E-state index is 12.4. The predicted octanol–water partition coefficient (Wildman–Crippen LogP) is 3.68. The van der Waals surface area contributed by atoms with Crippen molar-refractivity contribution in [3.8, 4) is 5.75 Å². The van der Waals surface area contributed by atoms with E-state index in [-0.39, 0.29) is 12.5 Å². The van der Waals surface area contributed by atoms with Crippen molar-refractivity contribution in [2.45, 2.75) is 13.8 Å². The molecule has 1 aliphatic rings. The zero-order valence-corrected chi connectivity index (χ0v) is 15.4. The zero-order chi connectivity index (χ0) is 17.8. The standard InChI is InChI=1S/C20H23ClN2O2/c1-15-4-3-5-18(12-15)25-14-20(24)23-10-8-22(9-11-23)19-13-17(21)7-6-16(19)2/h3-7,12-13H,8-11,14H2,1-2H3. The summed E-state index contributed by atoms with van der Waals surface area (Å²) in [7, 11) is 0. The number of rotatable bonds is 4. The predicted molar refractivity (Wildman–Crippen MR) is 102 cm³/mol. The molecule has 1 saturated heterocycles. The Hall–Kier alpha value is -2.20. The van der Waals surface area contributed by atoms with Crippen molar-refractivity contribution in [2.75, 3.05) is 37.7 Å². The maximum absolute atomic E-state index is 12.4. The van der Waals surface area contributed by atoms with Gasteiger partial charge in [-0.3, -0.25) is 4.79 Å². The molecule has 132 valence electrons. The quantitative estimate of drug-likeness (QED) is 0.835. The van der Waals surface area contributed by atoms with Gasteiger partial charge in [-0.2, -0.15) is 0 Å². The van der Waals surface area contributed by atoms with Gasteiger partial charge in [-0.1, -0.05) is 29.8 Å². The zero-order valence-electron chi connectivity index (χ0n) is 14.7. The first-order valence-corrected chi connectivity index (χ1v) is 8.89. The second kappa shape index (κ2) is 7.79. The van der Waals surface area contributed by atoms with Crippen LogP contribution >= 0.6 is 11.6 Å². The van der Waals surface area contributed by atoms with Crippen LogP contribution in [-0.4, -0.2) is 43.6 Å². The van der Waals surface area contributed by atoms with Crippen molar-refractivity contribution in [1.82, 2.24) is 4.90 Å². The summed E-state index contributed by atoms with van der Waals surface area (Å²) in [6, 6.07) is 13.7. The highest BCUT2D eigenvalue weighted by Crippen LogP contribution is 2.25. The molecule has 25 heavy (non-hydrogen) atoms. The number of nitrogens with zero attached hydrogens (tertiary/aromatic N) is 2. The van der Waals surface area contributed by atoms with Gasteiger partial charge in [0.05, 0.1) is 0 Å². The van der Waals surface area contributed by atoms with Gasteiger partial charge < -0.3 is 14.5 Å². The lowest BCUT2D eigenvalue weighted by molar-refractivity contribution is -0.133. The Balaban J connectivity index is 1.53. The van der Waals surface area contributed by atoms with Crippen molar-refractivity contribution in [3.05, 3.63) is 58.6 Å². The van der Waals surface area contributed by atoms with Crippen LogP contribution in [0.15, 0.2) is 42.5 Å². The van der Waals surface area contributed by atoms with Crippen LogP contribution < -0.4 is 9.64 Å². The minimum atomic E-state index is 0.0315. The van der Waals surface area contributed by atoms with E-state index >= 15 is 0 Å². The number of amides is 1. The molecule has 2 aromatic carbocycles. The summed E-state index contributed by atoms with van der Waals surface area (Å²) in [6.45, 7) is 7.17. The summed E-state index contributed by atoms with van der Waals surface area (Å²) < 4.78 is 5.63. The first-order valence-electron chi connectivity index (χ1n) is 8.51. The fourth-order valence-corrected chi connectivity index (χ4v) is 3.23. The first-order chi connectivity index (χ1) is 12.0. The normalized spacial score (nSPS) is 14.5. The number of hydrogen-bond acceptors (Lipinski definition) is 3. The number of hydrogen-bond donors (Lipinski definition) is 0. The van der Waals surface area contributed by atoms with Crippen molar-refractivity contribution in [1.29, 1.82) is 0 Å². The van der Waals surface area contributed by atoms with E-state index in [1.54, 1.807) is 0 Å². The van der Waals surface area contributed by atoms with Crippen LogP contribution in [0.5, 0.6) is 5.75 Å². The highest BCUT2D eigenvalue weighted by molar-refractivity contribution is 6.30. The molecule has 0 unspecified atom stereocenters. The number of piperazine rings is 1. The van der Waals surface area contributed by atoms with E-state index in [1.165, 1.54) is 5.56 Å². The minimum absolute atomic E-state index is 0.0315. The van der Waals surface area contributed by atoms with Gasteiger partial charge in [0.15, 0.2) is 6.61 Å². The lowest BCUT2D eigenvalue weighted by atomic mass is 10.1. The van der Waals surface area contributed by atoms with Crippen molar-refractivity contribution in [3.63, 3.8) is 0 Å². The molecule has 0 bridgehead atoms. The molecule has 5 heteroatoms. The van der Waals surface area contributed by atoms with E-state index in [4.69, 9.17) is 16.3 Å². The third-order valence-electron chi connectivity index (χ3n) is 4.50. The fraction of sp³-hybridized carbons (Fsp3) is 0.350. The number of halogens is 1. The third-order valence-corrected chi connectivity index (χ3v) is 4.73. The summed E-state index contributed by atoms with van der Waals surface area (Å²) in [4.78, 5) is 16.5. The molecule has 0 aromatic heterocycles. The summed E-state index contributed by atoms with van der Waals surface area (Å²) in [5.74, 6) is 0.769. The summed E-state index contributed by atoms with van der Waals surface area (Å²) in [5.41, 5.74) is 3.47. The van der Waals surface area contributed by atoms with Crippen LogP contribution in [0.1, 0.15) is 11.1 Å². The Morgan fingerprint density at radius 3 is 2.56 bits per heavy atom. The molecule has 2 aromatic rings. The fourth-order valence-electron chi connectivity index (χ4n) is 3.06. The number of carbonyl (C=O) groups excluding carboxylic acids is 1. The molecule has 0 spiro atoms. The number of aryl methyl sites for hydroxylation is 2. The van der Waals surface area contributed by atoms with E-state index in [2.05, 4.69) is 11.8 Å². The lowest BCUT2D eigenvalue weighted by Gasteiger charge is -2.36. The van der Waals surface area contributed by atoms with Gasteiger partial charge in [0.2, 0.25) is 0 Å². The topological polar surface area (TPSA) is 32.8 Å². The highest BCUT2D eigenvalue weighted by atomic mass is 35.5. The molecule has 4 nitrogen and oxygen atoms in total. The maximum Gasteiger partial charge on any atom is 0.260 e. The first kappa shape index (κ1) is 17.6. The van der Waals surface area contributed by atoms with Gasteiger partial charge in [0.25, 0.3) is 5.91 Å². The minimum Gasteiger partial charge on any atom is -0.484 e. The van der Waals surface area contributed by atoms with Gasteiger partial charge in [0, 0.05) is 36.9 Å². The van der Waals surface area contributed by atoms with Crippen LogP contribution in [0.2, 0.25) is 5.02 Å². The Bertz CT molecular complexity index is 755. The molecular weight excluding hydrogens is 336 g/mol. The number of benzene rings is 2. The number of carbonyl (C=O) groups is 1. The van der Waals surface area contributed by atoms with E-state index in [9.17, 15) is 4.79 Å². The Labute approximate surface area is 154 Å². The van der Waals surface area contributed by atoms with Crippen LogP contribution in [0.3, 0.4) is 0 Å². The Kier molecular flexibility index (Phi) is 5.49. The summed E-state index contributed by atoms with van der Waals surface area (Å²) in [5, 5.41) is 0.741. The average Bonchev–Trinajstić information content (AvgIpc) is 2.62. The highest BCUT2D eigenvalue weighted by Gasteiger charge is 2.22. The molecule has 0 saturated carbocycles. The van der Waals surface area contributed by atoms with Gasteiger partial charge >= 0.3 is 0 Å². The monoisotopic (exact) mass is 358 g/mol. The average molecular weight is 359 g/mol. The van der Waals surface area contributed by atoms with Crippen molar-refractivity contribution >= 4 is 23.2 Å². The Morgan fingerprint density at radius 2 is 1.84 bits per heavy atom. The molecule has 3 rings (SSSR count). The van der Waals surface area contributed by atoms with Crippen molar-refractivity contribution < 1.29 is 9.53 Å². The van der Waals surface area contributed by atoms with Gasteiger partial charge in [-0.15, -0.1) is 0 Å². The van der Waals surface area contributed by atoms with Crippen molar-refractivity contribution in [2.24, 2.45) is 0 Å². The molecule has 0 N–H and O–H groups in total. The number of ether oxygens (including phenoxy) is 1. The number of anilines is 1. The van der Waals surface area contributed by atoms with Gasteiger partial charge in [0.1, 0.15) is 5.75 Å². The molecule has 1 heterocycles. The molecule has 0 aliphatic carbocycles. The van der Waals surface area contributed by atoms with Gasteiger partial charge in [-0.25, -0.2) is 0 Å². The Morgan fingerprint density at radius 1 is 1.08 bits per heavy atom. The van der Waals surface area contributed by atoms with E-state index in [1.807, 2.05) is 54.3 Å². The third kappa shape index (κ3) is 4.45. The molecular formula is C20H23ClN2O2. The second-order valence-electron chi connectivity index (χ2n) is 6.40. The summed E-state index contributed by atoms with van der Waals surface area (Å²) in [6.07, 6.45) is 0. The lowest BCUT2D eigenvalue weighted by Crippen LogP contribution is -2.50. The smallest absolute Gasteiger partial charge is 0.260 e. The molecule has 1 amide bonds. The molecule has 0 radical (unpaired) electrons. The van der Waals surface area contributed by atoms with E-state index < -0.39 is 0 Å². The SMILES string of the molecule is Cc1cccc(OCC(=O)N2CCN(c3cc(Cl)ccc3C)CC2)c1. The van der Waals surface area contributed by atoms with Crippen LogP contribution in [0.25, 0.3) is 0 Å². The summed E-state index contributed by atoms with van der Waals surface area (Å²) >= 11 is 6.12. The second-order valence-corrected chi connectivity index (χ2v) is 6.84. The largest absolute Gasteiger partial charge is 0.484 e. The van der Waals surface area contributed by atoms with Gasteiger partial charge in [-0.05, 0) is 49.2 Å². The van der Waals surface area contributed by atoms with Crippen LogP contribution in [-0.2, 0) is 4.79 Å². The molecule has 1 aliphatic heterocycles.